The van der Waals surface area contributed by atoms with Crippen molar-refractivity contribution in [1.29, 1.82) is 0 Å². The molecule has 4 aromatic carbocycles. The van der Waals surface area contributed by atoms with Crippen molar-refractivity contribution in [3.63, 3.8) is 0 Å². The first-order valence-electron chi connectivity index (χ1n) is 14.0. The molecule has 0 amide bonds. The fourth-order valence-corrected chi connectivity index (χ4v) is 5.36. The Kier molecular flexibility index (Phi) is 6.29. The number of aromatic nitrogens is 4. The van der Waals surface area contributed by atoms with Gasteiger partial charge in [0.25, 0.3) is 0 Å². The van der Waals surface area contributed by atoms with Crippen molar-refractivity contribution in [1.82, 2.24) is 19.9 Å². The zero-order valence-electron chi connectivity index (χ0n) is 23.0. The molecule has 196 valence electrons. The van der Waals surface area contributed by atoms with E-state index in [9.17, 15) is 0 Å². The van der Waals surface area contributed by atoms with Gasteiger partial charge in [-0.1, -0.05) is 104 Å². The van der Waals surface area contributed by atoms with Crippen LogP contribution in [0.25, 0.3) is 66.8 Å². The largest absolute Gasteiger partial charge is 0.251 e. The molecule has 0 bridgehead atoms. The fourth-order valence-electron chi connectivity index (χ4n) is 5.36. The first-order valence-corrected chi connectivity index (χ1v) is 14.0. The van der Waals surface area contributed by atoms with Gasteiger partial charge in [0.2, 0.25) is 0 Å². The molecule has 4 nitrogen and oxygen atoms in total. The van der Waals surface area contributed by atoms with E-state index in [0.29, 0.717) is 5.82 Å². The van der Waals surface area contributed by atoms with Crippen molar-refractivity contribution >= 4 is 21.8 Å². The number of fused-ring (bicyclic) bond motifs is 3. The molecule has 0 saturated heterocycles. The molecule has 7 aromatic rings. The summed E-state index contributed by atoms with van der Waals surface area (Å²) < 4.78 is 0. The van der Waals surface area contributed by atoms with E-state index in [2.05, 4.69) is 91.9 Å². The van der Waals surface area contributed by atoms with Crippen molar-refractivity contribution < 1.29 is 0 Å². The number of hydrogen-bond acceptors (Lipinski definition) is 4. The maximum atomic E-state index is 5.05. The zero-order valence-corrected chi connectivity index (χ0v) is 23.0. The van der Waals surface area contributed by atoms with Gasteiger partial charge < -0.3 is 0 Å². The summed E-state index contributed by atoms with van der Waals surface area (Å²) in [6, 6.07) is 41.9. The first-order chi connectivity index (χ1) is 20.2. The number of pyridine rings is 2. The molecule has 0 spiro atoms. The van der Waals surface area contributed by atoms with Crippen LogP contribution in [0.3, 0.4) is 0 Å². The van der Waals surface area contributed by atoms with E-state index in [1.54, 1.807) is 0 Å². The SMILES string of the molecule is CCc1cc(-c2cccc(-c3cc(-c4ccccc4)nc(-c4ccccc4)n3)c2)c2ccc3ccc(C)nc3c2n1. The molecule has 41 heavy (non-hydrogen) atoms. The van der Waals surface area contributed by atoms with Crippen molar-refractivity contribution in [2.75, 3.05) is 0 Å². The highest BCUT2D eigenvalue weighted by atomic mass is 14.9. The van der Waals surface area contributed by atoms with Crippen molar-refractivity contribution in [2.24, 2.45) is 0 Å². The second-order valence-corrected chi connectivity index (χ2v) is 10.3. The van der Waals surface area contributed by atoms with Gasteiger partial charge in [0.05, 0.1) is 22.4 Å². The van der Waals surface area contributed by atoms with Crippen LogP contribution >= 0.6 is 0 Å². The fraction of sp³-hybridized carbons (Fsp3) is 0.0811. The van der Waals surface area contributed by atoms with Crippen LogP contribution in [0.5, 0.6) is 0 Å². The van der Waals surface area contributed by atoms with E-state index in [4.69, 9.17) is 19.9 Å². The highest BCUT2D eigenvalue weighted by Gasteiger charge is 2.14. The Bertz CT molecular complexity index is 1980. The molecule has 7 rings (SSSR count). The van der Waals surface area contributed by atoms with E-state index in [1.807, 2.05) is 43.3 Å². The van der Waals surface area contributed by atoms with Gasteiger partial charge in [0, 0.05) is 38.9 Å². The molecule has 0 N–H and O–H groups in total. The summed E-state index contributed by atoms with van der Waals surface area (Å²) in [4.78, 5) is 19.9. The van der Waals surface area contributed by atoms with Gasteiger partial charge in [-0.2, -0.15) is 0 Å². The van der Waals surface area contributed by atoms with Crippen LogP contribution in [0, 0.1) is 6.92 Å². The average molecular weight is 529 g/mol. The van der Waals surface area contributed by atoms with Crippen molar-refractivity contribution in [3.05, 3.63) is 133 Å². The Morgan fingerprint density at radius 1 is 0.512 bits per heavy atom. The van der Waals surface area contributed by atoms with Gasteiger partial charge >= 0.3 is 0 Å². The predicted octanol–water partition coefficient (Wildman–Crippen LogP) is 9.11. The van der Waals surface area contributed by atoms with Gasteiger partial charge in [-0.25, -0.2) is 9.97 Å². The second-order valence-electron chi connectivity index (χ2n) is 10.3. The van der Waals surface area contributed by atoms with Crippen LogP contribution in [0.15, 0.2) is 121 Å². The monoisotopic (exact) mass is 528 g/mol. The summed E-state index contributed by atoms with van der Waals surface area (Å²) in [6.45, 7) is 4.18. The predicted molar refractivity (Wildman–Crippen MR) is 168 cm³/mol. The van der Waals surface area contributed by atoms with E-state index in [1.165, 1.54) is 0 Å². The third-order valence-electron chi connectivity index (χ3n) is 7.49. The number of aryl methyl sites for hydroxylation is 2. The van der Waals surface area contributed by atoms with Crippen molar-refractivity contribution in [3.8, 4) is 45.0 Å². The zero-order chi connectivity index (χ0) is 27.8. The Labute approximate surface area is 239 Å². The molecule has 0 aliphatic rings. The smallest absolute Gasteiger partial charge is 0.160 e. The Hall–Kier alpha value is -5.22. The van der Waals surface area contributed by atoms with Crippen LogP contribution in [0.2, 0.25) is 0 Å². The second kappa shape index (κ2) is 10.4. The summed E-state index contributed by atoms with van der Waals surface area (Å²) in [7, 11) is 0. The molecule has 0 radical (unpaired) electrons. The van der Waals surface area contributed by atoms with Gasteiger partial charge in [-0.05, 0) is 48.7 Å². The minimum atomic E-state index is 0.711. The molecule has 0 aliphatic heterocycles. The normalized spacial score (nSPS) is 11.3. The Morgan fingerprint density at radius 3 is 1.93 bits per heavy atom. The number of nitrogens with zero attached hydrogens (tertiary/aromatic N) is 4. The van der Waals surface area contributed by atoms with Gasteiger partial charge in [-0.3, -0.25) is 9.97 Å². The van der Waals surface area contributed by atoms with Gasteiger partial charge in [0.1, 0.15) is 0 Å². The minimum Gasteiger partial charge on any atom is -0.251 e. The summed E-state index contributed by atoms with van der Waals surface area (Å²) in [6.07, 6.45) is 0.845. The highest BCUT2D eigenvalue weighted by Crippen LogP contribution is 2.35. The van der Waals surface area contributed by atoms with E-state index in [-0.39, 0.29) is 0 Å². The lowest BCUT2D eigenvalue weighted by Gasteiger charge is -2.13. The number of benzene rings is 4. The van der Waals surface area contributed by atoms with Gasteiger partial charge in [0.15, 0.2) is 5.82 Å². The molecule has 0 atom stereocenters. The third kappa shape index (κ3) is 4.74. The molecule has 0 unspecified atom stereocenters. The maximum absolute atomic E-state index is 5.05. The first kappa shape index (κ1) is 24.8. The lowest BCUT2D eigenvalue weighted by molar-refractivity contribution is 1.06. The summed E-state index contributed by atoms with van der Waals surface area (Å²) >= 11 is 0. The van der Waals surface area contributed by atoms with Gasteiger partial charge in [-0.15, -0.1) is 0 Å². The van der Waals surface area contributed by atoms with Crippen LogP contribution in [0.1, 0.15) is 18.3 Å². The number of rotatable bonds is 5. The summed E-state index contributed by atoms with van der Waals surface area (Å²) in [5.74, 6) is 0.711. The number of hydrogen-bond donors (Lipinski definition) is 0. The third-order valence-corrected chi connectivity index (χ3v) is 7.49. The van der Waals surface area contributed by atoms with E-state index in [0.717, 1.165) is 78.8 Å². The van der Waals surface area contributed by atoms with Crippen LogP contribution in [-0.4, -0.2) is 19.9 Å². The molecular formula is C37H28N4. The molecule has 0 aliphatic carbocycles. The maximum Gasteiger partial charge on any atom is 0.160 e. The average Bonchev–Trinajstić information content (AvgIpc) is 3.04. The molecular weight excluding hydrogens is 500 g/mol. The van der Waals surface area contributed by atoms with Crippen LogP contribution in [-0.2, 0) is 6.42 Å². The lowest BCUT2D eigenvalue weighted by atomic mass is 9.96. The van der Waals surface area contributed by atoms with E-state index >= 15 is 0 Å². The van der Waals surface area contributed by atoms with E-state index < -0.39 is 0 Å². The Morgan fingerprint density at radius 2 is 1.17 bits per heavy atom. The summed E-state index contributed by atoms with van der Waals surface area (Å²) in [5, 5.41) is 2.20. The topological polar surface area (TPSA) is 51.6 Å². The minimum absolute atomic E-state index is 0.711. The highest BCUT2D eigenvalue weighted by molar-refractivity contribution is 6.08. The van der Waals surface area contributed by atoms with Crippen molar-refractivity contribution in [2.45, 2.75) is 20.3 Å². The Balaban J connectivity index is 1.42. The van der Waals surface area contributed by atoms with Crippen LogP contribution < -0.4 is 0 Å². The molecule has 4 heteroatoms. The summed E-state index contributed by atoms with van der Waals surface area (Å²) in [5.41, 5.74) is 11.1. The van der Waals surface area contributed by atoms with Crippen LogP contribution in [0.4, 0.5) is 0 Å². The molecule has 3 heterocycles. The lowest BCUT2D eigenvalue weighted by Crippen LogP contribution is -1.97. The molecule has 0 saturated carbocycles. The standard InChI is InChI=1S/C37H28N4/c1-3-30-22-32(31-20-19-26-18-17-24(2)38-35(26)36(31)39-30)28-15-10-16-29(21-28)34-23-33(25-11-6-4-7-12-25)40-37(41-34)27-13-8-5-9-14-27/h4-23H,3H2,1-2H3. The molecule has 0 fully saturated rings. The quantitative estimate of drug-likeness (QED) is 0.209. The molecule has 3 aromatic heterocycles.